The SMILES string of the molecule is CC(C)=O.O[C@@H]1CCCC[C@H]1O. The number of aliphatic hydroxyl groups excluding tert-OH is 2. The standard InChI is InChI=1S/C6H12O2.C3H6O/c7-5-3-1-2-4-6(5)8;1-3(2)4/h5-8H,1-4H2;1-2H3/t5-,6-;/m1./s1. The molecule has 0 heterocycles. The zero-order valence-electron chi connectivity index (χ0n) is 7.79. The van der Waals surface area contributed by atoms with E-state index in [0.29, 0.717) is 0 Å². The topological polar surface area (TPSA) is 57.5 Å². The molecule has 1 aliphatic carbocycles. The maximum absolute atomic E-state index is 9.44. The van der Waals surface area contributed by atoms with Crippen LogP contribution in [0.1, 0.15) is 39.5 Å². The van der Waals surface area contributed by atoms with Crippen molar-refractivity contribution in [3.8, 4) is 0 Å². The van der Waals surface area contributed by atoms with Gasteiger partial charge in [0.1, 0.15) is 5.78 Å². The summed E-state index contributed by atoms with van der Waals surface area (Å²) in [7, 11) is 0. The summed E-state index contributed by atoms with van der Waals surface area (Å²) in [6, 6.07) is 0. The molecule has 12 heavy (non-hydrogen) atoms. The first-order chi connectivity index (χ1) is 5.54. The van der Waals surface area contributed by atoms with Gasteiger partial charge in [-0.05, 0) is 26.7 Å². The molecule has 3 heteroatoms. The lowest BCUT2D eigenvalue weighted by Crippen LogP contribution is -2.28. The summed E-state index contributed by atoms with van der Waals surface area (Å²) in [4.78, 5) is 9.44. The fourth-order valence-electron chi connectivity index (χ4n) is 1.09. The fourth-order valence-corrected chi connectivity index (χ4v) is 1.09. The highest BCUT2D eigenvalue weighted by atomic mass is 16.3. The van der Waals surface area contributed by atoms with Crippen molar-refractivity contribution < 1.29 is 15.0 Å². The summed E-state index contributed by atoms with van der Waals surface area (Å²) < 4.78 is 0. The molecule has 0 aliphatic heterocycles. The predicted octanol–water partition coefficient (Wildman–Crippen LogP) is 0.877. The number of ketones is 1. The second kappa shape index (κ2) is 6.14. The Labute approximate surface area is 73.4 Å². The third-order valence-corrected chi connectivity index (χ3v) is 1.69. The van der Waals surface area contributed by atoms with Crippen LogP contribution in [0.25, 0.3) is 0 Å². The average molecular weight is 174 g/mol. The van der Waals surface area contributed by atoms with Gasteiger partial charge in [0.25, 0.3) is 0 Å². The molecule has 1 rings (SSSR count). The van der Waals surface area contributed by atoms with E-state index in [0.717, 1.165) is 25.7 Å². The Hall–Kier alpha value is -0.410. The molecule has 2 N–H and O–H groups in total. The number of hydrogen-bond donors (Lipinski definition) is 2. The van der Waals surface area contributed by atoms with Crippen LogP contribution >= 0.6 is 0 Å². The van der Waals surface area contributed by atoms with Crippen molar-refractivity contribution in [2.24, 2.45) is 0 Å². The molecule has 1 saturated carbocycles. The van der Waals surface area contributed by atoms with Crippen LogP contribution in [-0.2, 0) is 4.79 Å². The molecule has 0 bridgehead atoms. The van der Waals surface area contributed by atoms with Gasteiger partial charge in [-0.15, -0.1) is 0 Å². The normalized spacial score (nSPS) is 28.7. The first-order valence-corrected chi connectivity index (χ1v) is 4.37. The van der Waals surface area contributed by atoms with Crippen LogP contribution in [0.15, 0.2) is 0 Å². The number of hydrogen-bond acceptors (Lipinski definition) is 3. The highest BCUT2D eigenvalue weighted by molar-refractivity contribution is 5.72. The lowest BCUT2D eigenvalue weighted by molar-refractivity contribution is -0.114. The van der Waals surface area contributed by atoms with E-state index in [2.05, 4.69) is 0 Å². The molecule has 0 saturated heterocycles. The van der Waals surface area contributed by atoms with Crippen molar-refractivity contribution >= 4 is 5.78 Å². The molecule has 0 spiro atoms. The van der Waals surface area contributed by atoms with Crippen LogP contribution in [0.3, 0.4) is 0 Å². The van der Waals surface area contributed by atoms with E-state index >= 15 is 0 Å². The molecular weight excluding hydrogens is 156 g/mol. The van der Waals surface area contributed by atoms with E-state index < -0.39 is 12.2 Å². The third-order valence-electron chi connectivity index (χ3n) is 1.69. The van der Waals surface area contributed by atoms with Gasteiger partial charge in [-0.3, -0.25) is 0 Å². The molecule has 0 radical (unpaired) electrons. The zero-order chi connectivity index (χ0) is 9.56. The summed E-state index contributed by atoms with van der Waals surface area (Å²) in [5, 5.41) is 17.9. The van der Waals surface area contributed by atoms with Crippen molar-refractivity contribution in [3.63, 3.8) is 0 Å². The fraction of sp³-hybridized carbons (Fsp3) is 0.889. The molecular formula is C9H18O3. The average Bonchev–Trinajstić information content (AvgIpc) is 1.94. The Balaban J connectivity index is 0.000000261. The van der Waals surface area contributed by atoms with Crippen molar-refractivity contribution in [2.45, 2.75) is 51.7 Å². The molecule has 0 aromatic heterocycles. The van der Waals surface area contributed by atoms with Gasteiger partial charge in [-0.1, -0.05) is 12.8 Å². The van der Waals surface area contributed by atoms with Gasteiger partial charge >= 0.3 is 0 Å². The second-order valence-corrected chi connectivity index (χ2v) is 3.33. The largest absolute Gasteiger partial charge is 0.390 e. The monoisotopic (exact) mass is 174 g/mol. The van der Waals surface area contributed by atoms with E-state index in [1.165, 1.54) is 13.8 Å². The van der Waals surface area contributed by atoms with Crippen LogP contribution < -0.4 is 0 Å². The van der Waals surface area contributed by atoms with Crippen LogP contribution in [0.2, 0.25) is 0 Å². The van der Waals surface area contributed by atoms with Crippen molar-refractivity contribution in [2.75, 3.05) is 0 Å². The van der Waals surface area contributed by atoms with Gasteiger partial charge < -0.3 is 15.0 Å². The number of carbonyl (C=O) groups is 1. The molecule has 0 unspecified atom stereocenters. The van der Waals surface area contributed by atoms with Crippen molar-refractivity contribution in [1.82, 2.24) is 0 Å². The number of carbonyl (C=O) groups excluding carboxylic acids is 1. The van der Waals surface area contributed by atoms with E-state index in [-0.39, 0.29) is 5.78 Å². The Morgan fingerprint density at radius 1 is 1.08 bits per heavy atom. The van der Waals surface area contributed by atoms with Crippen molar-refractivity contribution in [3.05, 3.63) is 0 Å². The molecule has 1 fully saturated rings. The summed E-state index contributed by atoms with van der Waals surface area (Å²) in [5.41, 5.74) is 0. The molecule has 72 valence electrons. The first kappa shape index (κ1) is 11.6. The number of rotatable bonds is 0. The maximum Gasteiger partial charge on any atom is 0.126 e. The Morgan fingerprint density at radius 3 is 1.50 bits per heavy atom. The molecule has 2 atom stereocenters. The van der Waals surface area contributed by atoms with Gasteiger partial charge in [-0.25, -0.2) is 0 Å². The highest BCUT2D eigenvalue weighted by Gasteiger charge is 2.19. The van der Waals surface area contributed by atoms with Crippen LogP contribution in [0.4, 0.5) is 0 Å². The van der Waals surface area contributed by atoms with Crippen LogP contribution in [0.5, 0.6) is 0 Å². The molecule has 0 aromatic rings. The lowest BCUT2D eigenvalue weighted by Gasteiger charge is -2.22. The van der Waals surface area contributed by atoms with Crippen molar-refractivity contribution in [1.29, 1.82) is 0 Å². The summed E-state index contributed by atoms with van der Waals surface area (Å²) in [6.07, 6.45) is 2.81. The Bertz CT molecular complexity index is 120. The highest BCUT2D eigenvalue weighted by Crippen LogP contribution is 2.17. The van der Waals surface area contributed by atoms with E-state index in [9.17, 15) is 4.79 Å². The summed E-state index contributed by atoms with van der Waals surface area (Å²) >= 11 is 0. The second-order valence-electron chi connectivity index (χ2n) is 3.33. The summed E-state index contributed by atoms with van der Waals surface area (Å²) in [6.45, 7) is 3.06. The number of aliphatic hydroxyl groups is 2. The molecule has 0 amide bonds. The van der Waals surface area contributed by atoms with Crippen LogP contribution in [0, 0.1) is 0 Å². The molecule has 3 nitrogen and oxygen atoms in total. The van der Waals surface area contributed by atoms with Gasteiger partial charge in [0.05, 0.1) is 12.2 Å². The first-order valence-electron chi connectivity index (χ1n) is 4.37. The number of Topliss-reactive ketones (excluding diaryl/α,β-unsaturated/α-hetero) is 1. The van der Waals surface area contributed by atoms with E-state index in [1.807, 2.05) is 0 Å². The minimum Gasteiger partial charge on any atom is -0.390 e. The maximum atomic E-state index is 9.44. The predicted molar refractivity (Wildman–Crippen MR) is 46.8 cm³/mol. The Morgan fingerprint density at radius 2 is 1.33 bits per heavy atom. The van der Waals surface area contributed by atoms with E-state index in [1.54, 1.807) is 0 Å². The smallest absolute Gasteiger partial charge is 0.126 e. The van der Waals surface area contributed by atoms with E-state index in [4.69, 9.17) is 10.2 Å². The van der Waals surface area contributed by atoms with Gasteiger partial charge in [0, 0.05) is 0 Å². The molecule has 1 aliphatic rings. The lowest BCUT2D eigenvalue weighted by atomic mass is 9.95. The van der Waals surface area contributed by atoms with Gasteiger partial charge in [0.2, 0.25) is 0 Å². The quantitative estimate of drug-likeness (QED) is 0.573. The minimum atomic E-state index is -0.441. The van der Waals surface area contributed by atoms with Gasteiger partial charge in [0.15, 0.2) is 0 Å². The van der Waals surface area contributed by atoms with Gasteiger partial charge in [-0.2, -0.15) is 0 Å². The van der Waals surface area contributed by atoms with Crippen LogP contribution in [-0.4, -0.2) is 28.2 Å². The minimum absolute atomic E-state index is 0.167. The molecule has 0 aromatic carbocycles. The Kier molecular flexibility index (Phi) is 5.93. The third kappa shape index (κ3) is 6.31. The summed E-state index contributed by atoms with van der Waals surface area (Å²) in [5.74, 6) is 0.167. The zero-order valence-corrected chi connectivity index (χ0v) is 7.79.